The third-order valence-electron chi connectivity index (χ3n) is 4.29. The van der Waals surface area contributed by atoms with E-state index in [0.29, 0.717) is 17.9 Å². The van der Waals surface area contributed by atoms with Crippen LogP contribution in [-0.2, 0) is 13.1 Å². The van der Waals surface area contributed by atoms with E-state index in [9.17, 15) is 19.1 Å². The van der Waals surface area contributed by atoms with Crippen LogP contribution in [0.15, 0.2) is 29.1 Å². The SMILES string of the molecule is CNC1CCCn2c1nc(C(=O)NCc1ccc(F)cc1)c(O)c2=O. The summed E-state index contributed by atoms with van der Waals surface area (Å²) in [4.78, 5) is 28.9. The molecule has 132 valence electrons. The molecule has 1 unspecified atom stereocenters. The molecule has 0 spiro atoms. The van der Waals surface area contributed by atoms with E-state index < -0.39 is 17.2 Å². The van der Waals surface area contributed by atoms with E-state index in [1.54, 1.807) is 19.2 Å². The fourth-order valence-corrected chi connectivity index (χ4v) is 2.93. The fraction of sp³-hybridized carbons (Fsp3) is 0.353. The average molecular weight is 346 g/mol. The van der Waals surface area contributed by atoms with Crippen molar-refractivity contribution in [3.8, 4) is 5.75 Å². The van der Waals surface area contributed by atoms with Gasteiger partial charge in [0.15, 0.2) is 5.69 Å². The maximum atomic E-state index is 12.9. The Morgan fingerprint density at radius 1 is 1.40 bits per heavy atom. The fourth-order valence-electron chi connectivity index (χ4n) is 2.93. The predicted octanol–water partition coefficient (Wildman–Crippen LogP) is 1.07. The van der Waals surface area contributed by atoms with E-state index in [2.05, 4.69) is 15.6 Å². The van der Waals surface area contributed by atoms with Gasteiger partial charge in [-0.3, -0.25) is 14.2 Å². The second-order valence-corrected chi connectivity index (χ2v) is 5.92. The lowest BCUT2D eigenvalue weighted by Gasteiger charge is -2.26. The van der Waals surface area contributed by atoms with Crippen molar-refractivity contribution in [3.05, 3.63) is 57.5 Å². The Bertz CT molecular complexity index is 848. The molecule has 8 heteroatoms. The van der Waals surface area contributed by atoms with Crippen LogP contribution in [0.1, 0.15) is 40.8 Å². The molecule has 1 aromatic carbocycles. The van der Waals surface area contributed by atoms with E-state index >= 15 is 0 Å². The number of hydrogen-bond acceptors (Lipinski definition) is 5. The van der Waals surface area contributed by atoms with Crippen molar-refractivity contribution in [2.75, 3.05) is 7.05 Å². The van der Waals surface area contributed by atoms with Gasteiger partial charge in [0.25, 0.3) is 11.5 Å². The molecule has 3 N–H and O–H groups in total. The van der Waals surface area contributed by atoms with Crippen molar-refractivity contribution >= 4 is 5.91 Å². The van der Waals surface area contributed by atoms with Crippen LogP contribution in [0.2, 0.25) is 0 Å². The number of carbonyl (C=O) groups excluding carboxylic acids is 1. The lowest BCUT2D eigenvalue weighted by Crippen LogP contribution is -2.37. The molecule has 1 atom stereocenters. The van der Waals surface area contributed by atoms with E-state index in [0.717, 1.165) is 12.8 Å². The molecule has 0 aliphatic carbocycles. The van der Waals surface area contributed by atoms with Crippen LogP contribution in [-0.4, -0.2) is 27.6 Å². The number of nitrogens with one attached hydrogen (secondary N) is 2. The minimum Gasteiger partial charge on any atom is -0.501 e. The number of carbonyl (C=O) groups is 1. The van der Waals surface area contributed by atoms with Crippen LogP contribution < -0.4 is 16.2 Å². The monoisotopic (exact) mass is 346 g/mol. The Kier molecular flexibility index (Phi) is 4.80. The molecule has 0 bridgehead atoms. The minimum atomic E-state index is -0.655. The zero-order chi connectivity index (χ0) is 18.0. The van der Waals surface area contributed by atoms with Crippen LogP contribution in [0.4, 0.5) is 4.39 Å². The number of rotatable bonds is 4. The molecule has 3 rings (SSSR count). The van der Waals surface area contributed by atoms with Gasteiger partial charge in [0.2, 0.25) is 5.75 Å². The summed E-state index contributed by atoms with van der Waals surface area (Å²) < 4.78 is 14.3. The van der Waals surface area contributed by atoms with Crippen LogP contribution >= 0.6 is 0 Å². The van der Waals surface area contributed by atoms with Gasteiger partial charge in [-0.1, -0.05) is 12.1 Å². The summed E-state index contributed by atoms with van der Waals surface area (Å²) in [6, 6.07) is 5.52. The Hall–Kier alpha value is -2.74. The number of benzene rings is 1. The van der Waals surface area contributed by atoms with Gasteiger partial charge < -0.3 is 15.7 Å². The summed E-state index contributed by atoms with van der Waals surface area (Å²) in [7, 11) is 1.76. The molecule has 0 fully saturated rings. The number of amides is 1. The first kappa shape index (κ1) is 17.1. The standard InChI is InChI=1S/C17H19FN4O3/c1-19-12-3-2-8-22-15(12)21-13(14(23)17(22)25)16(24)20-9-10-4-6-11(18)7-5-10/h4-7,12,19,23H,2-3,8-9H2,1H3,(H,20,24). The molecule has 1 amide bonds. The Balaban J connectivity index is 1.86. The van der Waals surface area contributed by atoms with Crippen molar-refractivity contribution in [2.24, 2.45) is 0 Å². The highest BCUT2D eigenvalue weighted by atomic mass is 19.1. The molecule has 1 aromatic heterocycles. The first-order chi connectivity index (χ1) is 12.0. The average Bonchev–Trinajstić information content (AvgIpc) is 2.63. The summed E-state index contributed by atoms with van der Waals surface area (Å²) in [6.45, 7) is 0.596. The second kappa shape index (κ2) is 7.02. The highest BCUT2D eigenvalue weighted by molar-refractivity contribution is 5.94. The molecular formula is C17H19FN4O3. The Labute approximate surface area is 143 Å². The van der Waals surface area contributed by atoms with Crippen molar-refractivity contribution in [3.63, 3.8) is 0 Å². The lowest BCUT2D eigenvalue weighted by molar-refractivity contribution is 0.0941. The van der Waals surface area contributed by atoms with Gasteiger partial charge in [0.05, 0.1) is 6.04 Å². The predicted molar refractivity (Wildman–Crippen MR) is 88.8 cm³/mol. The molecular weight excluding hydrogens is 327 g/mol. The van der Waals surface area contributed by atoms with Gasteiger partial charge in [-0.05, 0) is 37.6 Å². The largest absolute Gasteiger partial charge is 0.501 e. The Morgan fingerprint density at radius 3 is 2.80 bits per heavy atom. The summed E-state index contributed by atoms with van der Waals surface area (Å²) in [5, 5.41) is 15.7. The van der Waals surface area contributed by atoms with Gasteiger partial charge >= 0.3 is 0 Å². The second-order valence-electron chi connectivity index (χ2n) is 5.92. The molecule has 0 saturated heterocycles. The third-order valence-corrected chi connectivity index (χ3v) is 4.29. The number of hydrogen-bond donors (Lipinski definition) is 3. The zero-order valence-electron chi connectivity index (χ0n) is 13.8. The van der Waals surface area contributed by atoms with Gasteiger partial charge in [-0.15, -0.1) is 0 Å². The van der Waals surface area contributed by atoms with Crippen molar-refractivity contribution in [2.45, 2.75) is 32.0 Å². The van der Waals surface area contributed by atoms with Crippen molar-refractivity contribution < 1.29 is 14.3 Å². The number of aromatic hydroxyl groups is 1. The number of aromatic nitrogens is 2. The van der Waals surface area contributed by atoms with Gasteiger partial charge in [-0.2, -0.15) is 0 Å². The smallest absolute Gasteiger partial charge is 0.296 e. The number of fused-ring (bicyclic) bond motifs is 1. The molecule has 2 heterocycles. The van der Waals surface area contributed by atoms with Crippen LogP contribution in [0.25, 0.3) is 0 Å². The maximum absolute atomic E-state index is 12.9. The van der Waals surface area contributed by atoms with E-state index in [4.69, 9.17) is 0 Å². The molecule has 1 aliphatic rings. The maximum Gasteiger partial charge on any atom is 0.296 e. The lowest BCUT2D eigenvalue weighted by atomic mass is 10.1. The first-order valence-electron chi connectivity index (χ1n) is 8.05. The van der Waals surface area contributed by atoms with Crippen LogP contribution in [0.5, 0.6) is 5.75 Å². The van der Waals surface area contributed by atoms with Crippen LogP contribution in [0, 0.1) is 5.82 Å². The molecule has 2 aromatic rings. The zero-order valence-corrected chi connectivity index (χ0v) is 13.8. The van der Waals surface area contributed by atoms with Crippen LogP contribution in [0.3, 0.4) is 0 Å². The molecule has 0 radical (unpaired) electrons. The number of nitrogens with zero attached hydrogens (tertiary/aromatic N) is 2. The molecule has 1 aliphatic heterocycles. The third kappa shape index (κ3) is 3.39. The summed E-state index contributed by atoms with van der Waals surface area (Å²) in [5.74, 6) is -1.22. The van der Waals surface area contributed by atoms with Gasteiger partial charge in [0, 0.05) is 13.1 Å². The topological polar surface area (TPSA) is 96.2 Å². The normalized spacial score (nSPS) is 16.3. The molecule has 25 heavy (non-hydrogen) atoms. The van der Waals surface area contributed by atoms with Gasteiger partial charge in [-0.25, -0.2) is 9.37 Å². The highest BCUT2D eigenvalue weighted by Crippen LogP contribution is 2.23. The molecule has 7 nitrogen and oxygen atoms in total. The highest BCUT2D eigenvalue weighted by Gasteiger charge is 2.27. The summed E-state index contributed by atoms with van der Waals surface area (Å²) in [6.07, 6.45) is 1.58. The van der Waals surface area contributed by atoms with E-state index in [1.807, 2.05) is 0 Å². The summed E-state index contributed by atoms with van der Waals surface area (Å²) >= 11 is 0. The van der Waals surface area contributed by atoms with E-state index in [1.165, 1.54) is 16.7 Å². The summed E-state index contributed by atoms with van der Waals surface area (Å²) in [5.41, 5.74) is -0.214. The first-order valence-corrected chi connectivity index (χ1v) is 8.05. The van der Waals surface area contributed by atoms with E-state index in [-0.39, 0.29) is 24.1 Å². The van der Waals surface area contributed by atoms with Crippen molar-refractivity contribution in [1.29, 1.82) is 0 Å². The number of halogens is 1. The minimum absolute atomic E-state index is 0.133. The Morgan fingerprint density at radius 2 is 2.12 bits per heavy atom. The van der Waals surface area contributed by atoms with Crippen molar-refractivity contribution in [1.82, 2.24) is 20.2 Å². The van der Waals surface area contributed by atoms with Gasteiger partial charge in [0.1, 0.15) is 11.6 Å². The quantitative estimate of drug-likeness (QED) is 0.770. The molecule has 0 saturated carbocycles.